The first-order valence-electron chi connectivity index (χ1n) is 7.73. The zero-order valence-corrected chi connectivity index (χ0v) is 14.9. The third-order valence-electron chi connectivity index (χ3n) is 3.29. The van der Waals surface area contributed by atoms with E-state index in [9.17, 15) is 4.79 Å². The van der Waals surface area contributed by atoms with Crippen molar-refractivity contribution in [2.75, 3.05) is 4.90 Å². The van der Waals surface area contributed by atoms with Gasteiger partial charge in [-0.05, 0) is 38.5 Å². The number of halogens is 1. The number of pyridine rings is 1. The summed E-state index contributed by atoms with van der Waals surface area (Å²) in [5.74, 6) is 0.478. The van der Waals surface area contributed by atoms with E-state index < -0.39 is 11.7 Å². The molecule has 25 heavy (non-hydrogen) atoms. The molecule has 0 fully saturated rings. The average Bonchev–Trinajstić information content (AvgIpc) is 2.99. The van der Waals surface area contributed by atoms with E-state index in [1.165, 1.54) is 4.90 Å². The number of carbonyl (C=O) groups excluding carboxylic acids is 1. The van der Waals surface area contributed by atoms with Crippen molar-refractivity contribution in [1.82, 2.24) is 19.6 Å². The van der Waals surface area contributed by atoms with Gasteiger partial charge < -0.3 is 4.74 Å². The fourth-order valence-corrected chi connectivity index (χ4v) is 2.47. The largest absolute Gasteiger partial charge is 0.443 e. The van der Waals surface area contributed by atoms with E-state index in [4.69, 9.17) is 16.3 Å². The van der Waals surface area contributed by atoms with Gasteiger partial charge in [0.15, 0.2) is 5.65 Å². The lowest BCUT2D eigenvalue weighted by molar-refractivity contribution is 0.0575. The highest BCUT2D eigenvalue weighted by Crippen LogP contribution is 2.24. The van der Waals surface area contributed by atoms with E-state index in [2.05, 4.69) is 15.1 Å². The summed E-state index contributed by atoms with van der Waals surface area (Å²) >= 11 is 6.12. The van der Waals surface area contributed by atoms with Crippen molar-refractivity contribution in [3.63, 3.8) is 0 Å². The van der Waals surface area contributed by atoms with Crippen LogP contribution in [0.15, 0.2) is 42.9 Å². The van der Waals surface area contributed by atoms with Gasteiger partial charge in [-0.3, -0.25) is 9.88 Å². The number of hydrogen-bond acceptors (Lipinski definition) is 5. The van der Waals surface area contributed by atoms with E-state index in [0.29, 0.717) is 11.5 Å². The van der Waals surface area contributed by atoms with Gasteiger partial charge in [-0.2, -0.15) is 9.61 Å². The minimum absolute atomic E-state index is 0.270. The molecule has 3 aromatic heterocycles. The van der Waals surface area contributed by atoms with Gasteiger partial charge in [-0.1, -0.05) is 11.6 Å². The molecule has 0 bridgehead atoms. The van der Waals surface area contributed by atoms with E-state index in [0.717, 1.165) is 5.56 Å². The second-order valence-corrected chi connectivity index (χ2v) is 6.85. The van der Waals surface area contributed by atoms with E-state index >= 15 is 0 Å². The molecule has 0 aliphatic heterocycles. The first-order valence-corrected chi connectivity index (χ1v) is 8.11. The molecule has 130 valence electrons. The lowest BCUT2D eigenvalue weighted by atomic mass is 10.2. The number of aromatic nitrogens is 4. The summed E-state index contributed by atoms with van der Waals surface area (Å²) in [6.07, 6.45) is 4.45. The highest BCUT2D eigenvalue weighted by molar-refractivity contribution is 6.29. The van der Waals surface area contributed by atoms with Crippen LogP contribution in [-0.4, -0.2) is 31.3 Å². The smallest absolute Gasteiger partial charge is 0.416 e. The summed E-state index contributed by atoms with van der Waals surface area (Å²) in [4.78, 5) is 22.5. The average molecular weight is 360 g/mol. The number of carbonyl (C=O) groups is 1. The van der Waals surface area contributed by atoms with Gasteiger partial charge in [-0.15, -0.1) is 0 Å². The van der Waals surface area contributed by atoms with Crippen LogP contribution < -0.4 is 4.90 Å². The van der Waals surface area contributed by atoms with E-state index in [1.807, 2.05) is 32.9 Å². The van der Waals surface area contributed by atoms with Crippen molar-refractivity contribution in [2.24, 2.45) is 0 Å². The van der Waals surface area contributed by atoms with Gasteiger partial charge in [0.2, 0.25) is 0 Å². The molecule has 7 nitrogen and oxygen atoms in total. The number of amides is 1. The van der Waals surface area contributed by atoms with Crippen LogP contribution in [0.1, 0.15) is 26.3 Å². The SMILES string of the molecule is CC(C)(C)OC(=O)N(Cc1ccncc1)c1cc(Cl)nc2ccnn12. The Labute approximate surface area is 150 Å². The maximum Gasteiger partial charge on any atom is 0.416 e. The van der Waals surface area contributed by atoms with Crippen LogP contribution in [0.5, 0.6) is 0 Å². The molecule has 0 saturated carbocycles. The minimum Gasteiger partial charge on any atom is -0.443 e. The number of anilines is 1. The molecule has 0 unspecified atom stereocenters. The second-order valence-electron chi connectivity index (χ2n) is 6.46. The van der Waals surface area contributed by atoms with Crippen LogP contribution in [0, 0.1) is 0 Å². The van der Waals surface area contributed by atoms with Gasteiger partial charge in [0.25, 0.3) is 0 Å². The molecule has 0 saturated heterocycles. The maximum absolute atomic E-state index is 12.8. The topological polar surface area (TPSA) is 72.6 Å². The number of fused-ring (bicyclic) bond motifs is 1. The first-order chi connectivity index (χ1) is 11.8. The Morgan fingerprint density at radius 1 is 1.24 bits per heavy atom. The Hall–Kier alpha value is -2.67. The molecule has 3 heterocycles. The Balaban J connectivity index is 2.06. The lowest BCUT2D eigenvalue weighted by Crippen LogP contribution is -2.37. The van der Waals surface area contributed by atoms with Gasteiger partial charge in [0.05, 0.1) is 12.7 Å². The molecule has 0 radical (unpaired) electrons. The van der Waals surface area contributed by atoms with Crippen molar-refractivity contribution in [3.8, 4) is 0 Å². The van der Waals surface area contributed by atoms with E-state index in [-0.39, 0.29) is 11.7 Å². The summed E-state index contributed by atoms with van der Waals surface area (Å²) in [5.41, 5.74) is 0.813. The summed E-state index contributed by atoms with van der Waals surface area (Å²) in [7, 11) is 0. The van der Waals surface area contributed by atoms with Crippen molar-refractivity contribution in [2.45, 2.75) is 32.9 Å². The Bertz CT molecular complexity index is 889. The molecule has 0 N–H and O–H groups in total. The van der Waals surface area contributed by atoms with Gasteiger partial charge in [0.1, 0.15) is 16.6 Å². The first kappa shape index (κ1) is 17.2. The maximum atomic E-state index is 12.8. The van der Waals surface area contributed by atoms with Crippen LogP contribution in [0.2, 0.25) is 5.15 Å². The fraction of sp³-hybridized carbons (Fsp3) is 0.294. The number of rotatable bonds is 3. The number of nitrogens with zero attached hydrogens (tertiary/aromatic N) is 5. The standard InChI is InChI=1S/C17H18ClN5O2/c1-17(2,3)25-16(24)22(11-12-4-7-19-8-5-12)15-10-13(18)21-14-6-9-20-23(14)15/h4-10H,11H2,1-3H3. The van der Waals surface area contributed by atoms with Crippen LogP contribution in [-0.2, 0) is 11.3 Å². The van der Waals surface area contributed by atoms with Crippen molar-refractivity contribution in [1.29, 1.82) is 0 Å². The summed E-state index contributed by atoms with van der Waals surface area (Å²) in [6, 6.07) is 6.97. The van der Waals surface area contributed by atoms with Gasteiger partial charge >= 0.3 is 6.09 Å². The summed E-state index contributed by atoms with van der Waals surface area (Å²) < 4.78 is 7.11. The third-order valence-corrected chi connectivity index (χ3v) is 3.48. The normalized spacial score (nSPS) is 11.5. The highest BCUT2D eigenvalue weighted by Gasteiger charge is 2.26. The molecular formula is C17H18ClN5O2. The van der Waals surface area contributed by atoms with Crippen LogP contribution in [0.25, 0.3) is 5.65 Å². The third kappa shape index (κ3) is 4.06. The van der Waals surface area contributed by atoms with Crippen LogP contribution in [0.4, 0.5) is 10.6 Å². The Kier molecular flexibility index (Phi) is 4.59. The van der Waals surface area contributed by atoms with E-state index in [1.54, 1.807) is 35.2 Å². The number of hydrogen-bond donors (Lipinski definition) is 0. The molecule has 0 aliphatic carbocycles. The van der Waals surface area contributed by atoms with Gasteiger partial charge in [0, 0.05) is 24.5 Å². The molecule has 1 amide bonds. The molecule has 0 aliphatic rings. The predicted octanol–water partition coefficient (Wildman–Crippen LogP) is 3.72. The number of ether oxygens (including phenoxy) is 1. The zero-order valence-electron chi connectivity index (χ0n) is 14.2. The minimum atomic E-state index is -0.631. The lowest BCUT2D eigenvalue weighted by Gasteiger charge is -2.27. The molecule has 3 rings (SSSR count). The van der Waals surface area contributed by atoms with Gasteiger partial charge in [-0.25, -0.2) is 9.78 Å². The fourth-order valence-electron chi connectivity index (χ4n) is 2.29. The van der Waals surface area contributed by atoms with Crippen molar-refractivity contribution >= 4 is 29.2 Å². The van der Waals surface area contributed by atoms with Crippen LogP contribution in [0.3, 0.4) is 0 Å². The van der Waals surface area contributed by atoms with Crippen molar-refractivity contribution in [3.05, 3.63) is 53.6 Å². The Morgan fingerprint density at radius 3 is 2.64 bits per heavy atom. The molecule has 3 aromatic rings. The molecule has 8 heteroatoms. The molecule has 0 spiro atoms. The quantitative estimate of drug-likeness (QED) is 0.666. The van der Waals surface area contributed by atoms with Crippen LogP contribution >= 0.6 is 11.6 Å². The zero-order chi connectivity index (χ0) is 18.0. The second kappa shape index (κ2) is 6.68. The molecule has 0 atom stereocenters. The monoisotopic (exact) mass is 359 g/mol. The van der Waals surface area contributed by atoms with Crippen molar-refractivity contribution < 1.29 is 9.53 Å². The molecule has 0 aromatic carbocycles. The predicted molar refractivity (Wildman–Crippen MR) is 94.7 cm³/mol. The molecular weight excluding hydrogens is 342 g/mol. The summed E-state index contributed by atoms with van der Waals surface area (Å²) in [6.45, 7) is 5.74. The highest BCUT2D eigenvalue weighted by atomic mass is 35.5. The Morgan fingerprint density at radius 2 is 1.96 bits per heavy atom. The summed E-state index contributed by atoms with van der Waals surface area (Å²) in [5, 5.41) is 4.50.